The Kier molecular flexibility index (Phi) is 5.99. The standard InChI is InChI=1S/C19H27NO4/c1-5-15(6-2)20(11-12-23-4)18(22)19(3)13-14-9-7-8-10-16(14)17(21)24-19/h7-10,15H,5-6,11-13H2,1-4H3. The van der Waals surface area contributed by atoms with E-state index in [1.807, 2.05) is 17.0 Å². The van der Waals surface area contributed by atoms with Gasteiger partial charge in [-0.3, -0.25) is 4.79 Å². The maximum atomic E-state index is 13.2. The number of methoxy groups -OCH3 is 1. The molecule has 1 unspecified atom stereocenters. The van der Waals surface area contributed by atoms with E-state index in [1.165, 1.54) is 0 Å². The molecule has 1 aromatic carbocycles. The molecular weight excluding hydrogens is 306 g/mol. The molecule has 24 heavy (non-hydrogen) atoms. The van der Waals surface area contributed by atoms with Crippen molar-refractivity contribution in [2.45, 2.75) is 51.7 Å². The fourth-order valence-corrected chi connectivity index (χ4v) is 3.32. The lowest BCUT2D eigenvalue weighted by Crippen LogP contribution is -2.56. The monoisotopic (exact) mass is 333 g/mol. The number of benzene rings is 1. The smallest absolute Gasteiger partial charge is 0.339 e. The Morgan fingerprint density at radius 3 is 2.62 bits per heavy atom. The summed E-state index contributed by atoms with van der Waals surface area (Å²) in [5.74, 6) is -0.569. The van der Waals surface area contributed by atoms with Crippen LogP contribution in [0.1, 0.15) is 49.5 Å². The zero-order valence-electron chi connectivity index (χ0n) is 15.0. The summed E-state index contributed by atoms with van der Waals surface area (Å²) in [5.41, 5.74) is 0.247. The second-order valence-corrected chi connectivity index (χ2v) is 6.42. The lowest BCUT2D eigenvalue weighted by molar-refractivity contribution is -0.154. The van der Waals surface area contributed by atoms with Gasteiger partial charge >= 0.3 is 5.97 Å². The topological polar surface area (TPSA) is 55.8 Å². The summed E-state index contributed by atoms with van der Waals surface area (Å²) < 4.78 is 10.7. The number of hydrogen-bond donors (Lipinski definition) is 0. The summed E-state index contributed by atoms with van der Waals surface area (Å²) in [6.07, 6.45) is 2.11. The van der Waals surface area contributed by atoms with Crippen LogP contribution in [0.3, 0.4) is 0 Å². The number of hydrogen-bond acceptors (Lipinski definition) is 4. The zero-order chi connectivity index (χ0) is 17.7. The van der Waals surface area contributed by atoms with Gasteiger partial charge in [0.1, 0.15) is 0 Å². The highest BCUT2D eigenvalue weighted by Gasteiger charge is 2.45. The Morgan fingerprint density at radius 2 is 2.00 bits per heavy atom. The number of carbonyl (C=O) groups is 2. The molecule has 1 atom stereocenters. The van der Waals surface area contributed by atoms with Gasteiger partial charge in [0.2, 0.25) is 0 Å². The quantitative estimate of drug-likeness (QED) is 0.720. The number of cyclic esters (lactones) is 1. The predicted octanol–water partition coefficient (Wildman–Crippen LogP) is 2.82. The van der Waals surface area contributed by atoms with Gasteiger partial charge in [-0.05, 0) is 31.4 Å². The molecule has 0 aromatic heterocycles. The van der Waals surface area contributed by atoms with E-state index in [-0.39, 0.29) is 11.9 Å². The van der Waals surface area contributed by atoms with Crippen molar-refractivity contribution in [2.24, 2.45) is 0 Å². The molecule has 0 bridgehead atoms. The lowest BCUT2D eigenvalue weighted by Gasteiger charge is -2.40. The van der Waals surface area contributed by atoms with Crippen molar-refractivity contribution in [3.63, 3.8) is 0 Å². The molecule has 1 amide bonds. The Balaban J connectivity index is 2.30. The largest absolute Gasteiger partial charge is 0.445 e. The van der Waals surface area contributed by atoms with Gasteiger partial charge in [0.15, 0.2) is 5.60 Å². The van der Waals surface area contributed by atoms with E-state index in [2.05, 4.69) is 13.8 Å². The lowest BCUT2D eigenvalue weighted by atomic mass is 9.88. The minimum absolute atomic E-state index is 0.111. The van der Waals surface area contributed by atoms with E-state index in [9.17, 15) is 9.59 Å². The molecule has 1 aliphatic rings. The predicted molar refractivity (Wildman–Crippen MR) is 91.9 cm³/mol. The highest BCUT2D eigenvalue weighted by Crippen LogP contribution is 2.30. The SMILES string of the molecule is CCC(CC)N(CCOC)C(=O)C1(C)Cc2ccccc2C(=O)O1. The summed E-state index contributed by atoms with van der Waals surface area (Å²) >= 11 is 0. The van der Waals surface area contributed by atoms with Crippen molar-refractivity contribution in [2.75, 3.05) is 20.3 Å². The molecule has 0 spiro atoms. The first-order chi connectivity index (χ1) is 11.5. The molecule has 0 fully saturated rings. The number of carbonyl (C=O) groups excluding carboxylic acids is 2. The Morgan fingerprint density at radius 1 is 1.33 bits per heavy atom. The molecule has 2 rings (SSSR count). The molecule has 0 saturated heterocycles. The average molecular weight is 333 g/mol. The third-order valence-corrected chi connectivity index (χ3v) is 4.72. The normalized spacial score (nSPS) is 19.8. The average Bonchev–Trinajstić information content (AvgIpc) is 2.58. The van der Waals surface area contributed by atoms with Crippen LogP contribution in [-0.2, 0) is 20.7 Å². The molecule has 1 aliphatic heterocycles. The molecule has 0 radical (unpaired) electrons. The minimum atomic E-state index is -1.16. The van der Waals surface area contributed by atoms with Crippen LogP contribution in [0.15, 0.2) is 24.3 Å². The number of ether oxygens (including phenoxy) is 2. The van der Waals surface area contributed by atoms with Crippen LogP contribution in [0.2, 0.25) is 0 Å². The van der Waals surface area contributed by atoms with Crippen molar-refractivity contribution in [3.8, 4) is 0 Å². The first kappa shape index (κ1) is 18.5. The van der Waals surface area contributed by atoms with Gasteiger partial charge in [0, 0.05) is 26.1 Å². The van der Waals surface area contributed by atoms with Crippen LogP contribution < -0.4 is 0 Å². The van der Waals surface area contributed by atoms with E-state index in [4.69, 9.17) is 9.47 Å². The highest BCUT2D eigenvalue weighted by atomic mass is 16.6. The number of fused-ring (bicyclic) bond motifs is 1. The maximum Gasteiger partial charge on any atom is 0.339 e. The van der Waals surface area contributed by atoms with Crippen LogP contribution in [0.25, 0.3) is 0 Å². The van der Waals surface area contributed by atoms with Crippen LogP contribution >= 0.6 is 0 Å². The molecule has 1 heterocycles. The minimum Gasteiger partial charge on any atom is -0.445 e. The Bertz CT molecular complexity index is 597. The van der Waals surface area contributed by atoms with E-state index < -0.39 is 11.6 Å². The van der Waals surface area contributed by atoms with Gasteiger partial charge in [-0.2, -0.15) is 0 Å². The van der Waals surface area contributed by atoms with Crippen molar-refractivity contribution in [1.29, 1.82) is 0 Å². The third-order valence-electron chi connectivity index (χ3n) is 4.72. The summed E-state index contributed by atoms with van der Waals surface area (Å²) in [6, 6.07) is 7.43. The number of amides is 1. The Hall–Kier alpha value is -1.88. The second-order valence-electron chi connectivity index (χ2n) is 6.42. The van der Waals surface area contributed by atoms with Gasteiger partial charge in [0.25, 0.3) is 5.91 Å². The highest BCUT2D eigenvalue weighted by molar-refractivity contribution is 5.97. The molecule has 1 aromatic rings. The molecule has 132 valence electrons. The van der Waals surface area contributed by atoms with E-state index in [0.717, 1.165) is 18.4 Å². The molecule has 5 heteroatoms. The van der Waals surface area contributed by atoms with Crippen LogP contribution in [0.5, 0.6) is 0 Å². The molecule has 0 aliphatic carbocycles. The summed E-state index contributed by atoms with van der Waals surface area (Å²) in [6.45, 7) is 6.79. The van der Waals surface area contributed by atoms with Crippen LogP contribution in [-0.4, -0.2) is 48.7 Å². The summed E-state index contributed by atoms with van der Waals surface area (Å²) in [7, 11) is 1.62. The van der Waals surface area contributed by atoms with Gasteiger partial charge in [-0.1, -0.05) is 32.0 Å². The van der Waals surface area contributed by atoms with E-state index in [1.54, 1.807) is 26.2 Å². The summed E-state index contributed by atoms with van der Waals surface area (Å²) in [4.78, 5) is 27.4. The third kappa shape index (κ3) is 3.61. The zero-order valence-corrected chi connectivity index (χ0v) is 15.0. The number of esters is 1. The van der Waals surface area contributed by atoms with Crippen LogP contribution in [0, 0.1) is 0 Å². The number of rotatable bonds is 7. The van der Waals surface area contributed by atoms with Crippen LogP contribution in [0.4, 0.5) is 0 Å². The molecule has 0 N–H and O–H groups in total. The van der Waals surface area contributed by atoms with Gasteiger partial charge < -0.3 is 14.4 Å². The molecule has 0 saturated carbocycles. The second kappa shape index (κ2) is 7.79. The Labute approximate surface area is 143 Å². The number of nitrogens with zero attached hydrogens (tertiary/aromatic N) is 1. The van der Waals surface area contributed by atoms with Gasteiger partial charge in [-0.25, -0.2) is 4.79 Å². The first-order valence-corrected chi connectivity index (χ1v) is 8.58. The van der Waals surface area contributed by atoms with Crippen molar-refractivity contribution in [3.05, 3.63) is 35.4 Å². The van der Waals surface area contributed by atoms with E-state index in [0.29, 0.717) is 25.1 Å². The van der Waals surface area contributed by atoms with Crippen molar-refractivity contribution < 1.29 is 19.1 Å². The van der Waals surface area contributed by atoms with Gasteiger partial charge in [0.05, 0.1) is 12.2 Å². The van der Waals surface area contributed by atoms with Crippen molar-refractivity contribution >= 4 is 11.9 Å². The van der Waals surface area contributed by atoms with Gasteiger partial charge in [-0.15, -0.1) is 0 Å². The van der Waals surface area contributed by atoms with Crippen molar-refractivity contribution in [1.82, 2.24) is 4.90 Å². The maximum absolute atomic E-state index is 13.2. The fraction of sp³-hybridized carbons (Fsp3) is 0.579. The summed E-state index contributed by atoms with van der Waals surface area (Å²) in [5, 5.41) is 0. The molecular formula is C19H27NO4. The van der Waals surface area contributed by atoms with E-state index >= 15 is 0 Å². The molecule has 5 nitrogen and oxygen atoms in total. The first-order valence-electron chi connectivity index (χ1n) is 8.58. The fourth-order valence-electron chi connectivity index (χ4n) is 3.32.